The van der Waals surface area contributed by atoms with Gasteiger partial charge in [-0.05, 0) is 48.6 Å². The summed E-state index contributed by atoms with van der Waals surface area (Å²) in [6, 6.07) is 17.6. The van der Waals surface area contributed by atoms with Crippen molar-refractivity contribution in [1.82, 2.24) is 24.8 Å². The van der Waals surface area contributed by atoms with E-state index in [0.717, 1.165) is 43.4 Å². The van der Waals surface area contributed by atoms with Gasteiger partial charge in [0.25, 0.3) is 0 Å². The van der Waals surface area contributed by atoms with Crippen molar-refractivity contribution >= 4 is 34.9 Å². The number of piperazine rings is 1. The molecule has 3 saturated heterocycles. The number of piperidine rings is 1. The van der Waals surface area contributed by atoms with Crippen molar-refractivity contribution in [3.8, 4) is 17.2 Å². The third-order valence-electron chi connectivity index (χ3n) is 7.81. The monoisotopic (exact) mass is 570 g/mol. The zero-order valence-corrected chi connectivity index (χ0v) is 23.2. The Kier molecular flexibility index (Phi) is 7.43. The standard InChI is InChI=1S/C30H28F2N8S/c1-41-26-4-2-3-19(7-26)15-39-24-9-25(39)18-38(17-24)28-6-5-20(12-35-28)27-8-21(22(10-33)13-36-30(31)32)16-40-29(27)23(11-34)14-37-40/h2-8,10,12-14,16,24-25,30,33,36H,9,15,17-18H2,1H3/b22-13+,33-10?. The van der Waals surface area contributed by atoms with Crippen LogP contribution in [0.25, 0.3) is 22.2 Å². The minimum Gasteiger partial charge on any atom is -0.353 e. The van der Waals surface area contributed by atoms with E-state index < -0.39 is 6.55 Å². The van der Waals surface area contributed by atoms with E-state index in [-0.39, 0.29) is 5.57 Å². The lowest BCUT2D eigenvalue weighted by Crippen LogP contribution is -2.68. The largest absolute Gasteiger partial charge is 0.353 e. The quantitative estimate of drug-likeness (QED) is 0.161. The second-order valence-electron chi connectivity index (χ2n) is 10.2. The molecule has 8 nitrogen and oxygen atoms in total. The van der Waals surface area contributed by atoms with E-state index in [9.17, 15) is 14.0 Å². The van der Waals surface area contributed by atoms with Crippen LogP contribution >= 0.6 is 11.8 Å². The highest BCUT2D eigenvalue weighted by Gasteiger charge is 2.44. The maximum Gasteiger partial charge on any atom is 0.312 e. The second kappa shape index (κ2) is 11.3. The topological polar surface area (TPSA) is 96.3 Å². The molecular formula is C30H28F2N8S. The molecule has 208 valence electrons. The number of hydrogen-bond acceptors (Lipinski definition) is 8. The normalized spacial score (nSPS) is 18.8. The van der Waals surface area contributed by atoms with Crippen LogP contribution in [-0.2, 0) is 6.54 Å². The molecule has 2 atom stereocenters. The molecule has 41 heavy (non-hydrogen) atoms. The number of benzene rings is 1. The van der Waals surface area contributed by atoms with E-state index in [0.29, 0.717) is 34.3 Å². The minimum atomic E-state index is -2.75. The third-order valence-corrected chi connectivity index (χ3v) is 8.54. The van der Waals surface area contributed by atoms with Crippen LogP contribution in [0.4, 0.5) is 14.6 Å². The van der Waals surface area contributed by atoms with Gasteiger partial charge in [-0.15, -0.1) is 11.8 Å². The SMILES string of the molecule is CSc1cccc(CN2C3CC2CN(c2ccc(-c4cc(/C(C=N)=C/NC(F)F)cn5ncc(C#N)c45)cn2)C3)c1. The average Bonchev–Trinajstić information content (AvgIpc) is 3.43. The first-order chi connectivity index (χ1) is 20.0. The van der Waals surface area contributed by atoms with Crippen molar-refractivity contribution in [3.63, 3.8) is 0 Å². The summed E-state index contributed by atoms with van der Waals surface area (Å²) in [4.78, 5) is 11.0. The average molecular weight is 571 g/mol. The first-order valence-corrected chi connectivity index (χ1v) is 14.5. The molecule has 2 N–H and O–H groups in total. The zero-order chi connectivity index (χ0) is 28.5. The van der Waals surface area contributed by atoms with Crippen LogP contribution in [0.5, 0.6) is 0 Å². The third kappa shape index (κ3) is 5.28. The number of nitriles is 1. The molecule has 0 radical (unpaired) electrons. The molecule has 6 heterocycles. The summed E-state index contributed by atoms with van der Waals surface area (Å²) >= 11 is 1.76. The van der Waals surface area contributed by atoms with Gasteiger partial charge in [0.15, 0.2) is 0 Å². The van der Waals surface area contributed by atoms with E-state index in [2.05, 4.69) is 51.5 Å². The molecule has 3 aliphatic heterocycles. The Labute approximate surface area is 240 Å². The van der Waals surface area contributed by atoms with Crippen molar-refractivity contribution in [2.45, 2.75) is 36.5 Å². The number of halogens is 2. The van der Waals surface area contributed by atoms with Gasteiger partial charge in [-0.25, -0.2) is 9.50 Å². The number of fused-ring (bicyclic) bond motifs is 3. The predicted molar refractivity (Wildman–Crippen MR) is 157 cm³/mol. The van der Waals surface area contributed by atoms with Gasteiger partial charge in [-0.1, -0.05) is 12.1 Å². The van der Waals surface area contributed by atoms with E-state index in [1.165, 1.54) is 23.1 Å². The van der Waals surface area contributed by atoms with Crippen LogP contribution in [0.1, 0.15) is 23.1 Å². The van der Waals surface area contributed by atoms with Crippen LogP contribution in [0.3, 0.4) is 0 Å². The molecular weight excluding hydrogens is 542 g/mol. The second-order valence-corrected chi connectivity index (χ2v) is 11.1. The molecule has 3 aromatic heterocycles. The number of nitrogens with one attached hydrogen (secondary N) is 2. The van der Waals surface area contributed by atoms with Gasteiger partial charge in [-0.2, -0.15) is 19.1 Å². The Hall–Kier alpha value is -4.27. The van der Waals surface area contributed by atoms with Crippen LogP contribution in [0.15, 0.2) is 72.2 Å². The highest BCUT2D eigenvalue weighted by Crippen LogP contribution is 2.36. The number of allylic oxidation sites excluding steroid dienone is 1. The van der Waals surface area contributed by atoms with Crippen LogP contribution in [0, 0.1) is 16.7 Å². The van der Waals surface area contributed by atoms with E-state index in [1.54, 1.807) is 34.7 Å². The Morgan fingerprint density at radius 2 is 2.05 bits per heavy atom. The van der Waals surface area contributed by atoms with E-state index >= 15 is 0 Å². The van der Waals surface area contributed by atoms with Gasteiger partial charge in [0, 0.05) is 83.7 Å². The van der Waals surface area contributed by atoms with Crippen molar-refractivity contribution in [1.29, 1.82) is 10.7 Å². The molecule has 0 aliphatic carbocycles. The Morgan fingerprint density at radius 3 is 2.73 bits per heavy atom. The first kappa shape index (κ1) is 26.9. The van der Waals surface area contributed by atoms with Gasteiger partial charge in [0.05, 0.1) is 17.3 Å². The van der Waals surface area contributed by atoms with E-state index in [4.69, 9.17) is 10.4 Å². The summed E-state index contributed by atoms with van der Waals surface area (Å²) in [6.07, 6.45) is 10.3. The van der Waals surface area contributed by atoms with Crippen molar-refractivity contribution in [3.05, 3.63) is 83.9 Å². The lowest BCUT2D eigenvalue weighted by molar-refractivity contribution is -0.00872. The molecule has 0 saturated carbocycles. The number of thioether (sulfide) groups is 1. The first-order valence-electron chi connectivity index (χ1n) is 13.2. The fourth-order valence-electron chi connectivity index (χ4n) is 5.79. The molecule has 0 spiro atoms. The summed E-state index contributed by atoms with van der Waals surface area (Å²) in [5, 5.41) is 23.6. The van der Waals surface area contributed by atoms with Gasteiger partial charge in [0.1, 0.15) is 11.9 Å². The number of alkyl halides is 2. The molecule has 2 unspecified atom stereocenters. The van der Waals surface area contributed by atoms with Gasteiger partial charge >= 0.3 is 6.55 Å². The molecule has 3 fully saturated rings. The molecule has 2 bridgehead atoms. The summed E-state index contributed by atoms with van der Waals surface area (Å²) in [7, 11) is 0. The number of anilines is 1. The molecule has 4 aromatic rings. The summed E-state index contributed by atoms with van der Waals surface area (Å²) in [6.45, 7) is 0.0359. The molecule has 7 rings (SSSR count). The number of aromatic nitrogens is 3. The summed E-state index contributed by atoms with van der Waals surface area (Å²) < 4.78 is 27.1. The lowest BCUT2D eigenvalue weighted by Gasteiger charge is -2.56. The maximum absolute atomic E-state index is 12.8. The van der Waals surface area contributed by atoms with E-state index in [1.807, 2.05) is 17.4 Å². The van der Waals surface area contributed by atoms with Crippen LogP contribution in [0.2, 0.25) is 0 Å². The fourth-order valence-corrected chi connectivity index (χ4v) is 6.27. The Balaban J connectivity index is 1.24. The van der Waals surface area contributed by atoms with Crippen molar-refractivity contribution in [2.24, 2.45) is 0 Å². The van der Waals surface area contributed by atoms with Gasteiger partial charge < -0.3 is 15.6 Å². The van der Waals surface area contributed by atoms with Crippen molar-refractivity contribution < 1.29 is 8.78 Å². The molecule has 11 heteroatoms. The van der Waals surface area contributed by atoms with Gasteiger partial charge in [-0.3, -0.25) is 4.90 Å². The Bertz CT molecular complexity index is 1650. The highest BCUT2D eigenvalue weighted by atomic mass is 32.2. The smallest absolute Gasteiger partial charge is 0.312 e. The molecule has 0 amide bonds. The predicted octanol–water partition coefficient (Wildman–Crippen LogP) is 5.26. The summed E-state index contributed by atoms with van der Waals surface area (Å²) in [5.74, 6) is 0.898. The summed E-state index contributed by atoms with van der Waals surface area (Å²) in [5.41, 5.74) is 4.54. The Morgan fingerprint density at radius 1 is 1.22 bits per heavy atom. The highest BCUT2D eigenvalue weighted by molar-refractivity contribution is 7.98. The van der Waals surface area contributed by atoms with Crippen molar-refractivity contribution in [2.75, 3.05) is 24.2 Å². The van der Waals surface area contributed by atoms with Crippen LogP contribution in [-0.4, -0.2) is 63.7 Å². The van der Waals surface area contributed by atoms with Crippen LogP contribution < -0.4 is 10.2 Å². The number of rotatable bonds is 9. The zero-order valence-electron chi connectivity index (χ0n) is 22.3. The number of hydrogen-bond donors (Lipinski definition) is 2. The number of pyridine rings is 2. The fraction of sp³-hybridized carbons (Fsp3) is 0.267. The molecule has 3 aliphatic rings. The van der Waals surface area contributed by atoms with Gasteiger partial charge in [0.2, 0.25) is 0 Å². The lowest BCUT2D eigenvalue weighted by atomic mass is 9.86. The number of nitrogens with zero attached hydrogens (tertiary/aromatic N) is 6. The maximum atomic E-state index is 12.8. The molecule has 1 aromatic carbocycles. The minimum absolute atomic E-state index is 0.254.